The second-order valence-electron chi connectivity index (χ2n) is 11.1. The lowest BCUT2D eigenvalue weighted by Crippen LogP contribution is -2.59. The molecule has 44 heavy (non-hydrogen) atoms. The number of rotatable bonds is 20. The van der Waals surface area contributed by atoms with Crippen LogP contribution in [0.25, 0.3) is 0 Å². The number of aromatic nitrogens is 2. The first-order valence-electron chi connectivity index (χ1n) is 14.9. The number of carbonyl (C=O) groups is 5. The monoisotopic (exact) mass is 612 g/mol. The maximum Gasteiger partial charge on any atom is 0.241 e. The molecule has 14 heteroatoms. The molecule has 2 heterocycles. The van der Waals surface area contributed by atoms with E-state index in [-0.39, 0.29) is 12.8 Å². The number of aromatic amines is 1. The number of nitrogens with one attached hydrogen (secondary N) is 3. The predicted octanol–water partition coefficient (Wildman–Crippen LogP) is -1.54. The first-order valence-corrected chi connectivity index (χ1v) is 14.9. The molecule has 0 bridgehead atoms. The van der Waals surface area contributed by atoms with Gasteiger partial charge in [0.15, 0.2) is 11.6 Å². The molecule has 2 aromatic rings. The SMILES string of the molecule is NCCCC[C@H](NN[C@@H](CO)C(=O)C(=O)[C@@H](N)Cc1ccccc1)C(=O)N1CCC[C@H]1C(=O)CC(=O)[C@@H](N)Cc1c[nH]cn1. The number of benzene rings is 1. The summed E-state index contributed by atoms with van der Waals surface area (Å²) in [6, 6.07) is 3.95. The Morgan fingerprint density at radius 1 is 1.00 bits per heavy atom. The lowest BCUT2D eigenvalue weighted by Gasteiger charge is -2.30. The predicted molar refractivity (Wildman–Crippen MR) is 162 cm³/mol. The summed E-state index contributed by atoms with van der Waals surface area (Å²) in [5.41, 5.74) is 24.5. The number of hydrazine groups is 1. The van der Waals surface area contributed by atoms with Crippen LogP contribution >= 0.6 is 0 Å². The standard InChI is InChI=1S/C30H44N8O6/c31-11-5-4-9-23(36-37-24(17-39)29(43)28(42)22(33)13-19-7-2-1-3-8-19)30(44)38-12-6-10-25(38)27(41)15-26(40)21(32)14-20-16-34-18-35-20/h1-3,7-8,16,18,21-25,36-37,39H,4-6,9-15,17,31-33H2,(H,34,35)/t21-,22-,23-,24-,25-/m0/s1. The van der Waals surface area contributed by atoms with Gasteiger partial charge in [0.1, 0.15) is 12.1 Å². The average Bonchev–Trinajstić information content (AvgIpc) is 3.73. The number of likely N-dealkylation sites (tertiary alicyclic amines) is 1. The Kier molecular flexibility index (Phi) is 13.9. The van der Waals surface area contributed by atoms with E-state index < -0.39 is 72.3 Å². The third-order valence-electron chi connectivity index (χ3n) is 7.71. The zero-order chi connectivity index (χ0) is 32.1. The Morgan fingerprint density at radius 2 is 1.73 bits per heavy atom. The molecule has 0 radical (unpaired) electrons. The first kappa shape index (κ1) is 34.8. The number of imidazole rings is 1. The minimum absolute atomic E-state index is 0.151. The van der Waals surface area contributed by atoms with Crippen molar-refractivity contribution in [3.05, 3.63) is 54.1 Å². The molecule has 14 nitrogen and oxygen atoms in total. The van der Waals surface area contributed by atoms with Crippen LogP contribution in [0.15, 0.2) is 42.9 Å². The van der Waals surface area contributed by atoms with E-state index in [1.807, 2.05) is 6.07 Å². The molecule has 3 rings (SSSR count). The molecule has 5 atom stereocenters. The molecule has 0 spiro atoms. The van der Waals surface area contributed by atoms with Crippen molar-refractivity contribution in [3.8, 4) is 0 Å². The Bertz CT molecular complexity index is 1240. The topological polar surface area (TPSA) is 240 Å². The van der Waals surface area contributed by atoms with Crippen LogP contribution in [0.5, 0.6) is 0 Å². The van der Waals surface area contributed by atoms with E-state index in [2.05, 4.69) is 20.8 Å². The van der Waals surface area contributed by atoms with Gasteiger partial charge in [-0.15, -0.1) is 0 Å². The van der Waals surface area contributed by atoms with Gasteiger partial charge in [-0.3, -0.25) is 24.0 Å². The second kappa shape index (κ2) is 17.6. The fourth-order valence-electron chi connectivity index (χ4n) is 5.19. The highest BCUT2D eigenvalue weighted by Gasteiger charge is 2.38. The van der Waals surface area contributed by atoms with Crippen molar-refractivity contribution < 1.29 is 29.1 Å². The van der Waals surface area contributed by atoms with Gasteiger partial charge in [0, 0.05) is 19.2 Å². The number of nitrogens with zero attached hydrogens (tertiary/aromatic N) is 2. The maximum absolute atomic E-state index is 13.7. The lowest BCUT2D eigenvalue weighted by molar-refractivity contribution is -0.141. The number of hydrogen-bond acceptors (Lipinski definition) is 12. The van der Waals surface area contributed by atoms with Crippen molar-refractivity contribution in [2.45, 2.75) is 81.6 Å². The number of amides is 1. The van der Waals surface area contributed by atoms with Crippen LogP contribution in [-0.2, 0) is 36.8 Å². The van der Waals surface area contributed by atoms with Gasteiger partial charge in [0.2, 0.25) is 17.5 Å². The number of hydrogen-bond donors (Lipinski definition) is 7. The van der Waals surface area contributed by atoms with Crippen LogP contribution in [0.2, 0.25) is 0 Å². The third-order valence-corrected chi connectivity index (χ3v) is 7.71. The Morgan fingerprint density at radius 3 is 2.39 bits per heavy atom. The van der Waals surface area contributed by atoms with Crippen LogP contribution in [-0.4, -0.2) is 98.9 Å². The van der Waals surface area contributed by atoms with Crippen molar-refractivity contribution in [2.24, 2.45) is 17.2 Å². The summed E-state index contributed by atoms with van der Waals surface area (Å²) in [6.07, 6.45) is 5.51. The lowest BCUT2D eigenvalue weighted by atomic mass is 9.98. The normalized spacial score (nSPS) is 17.5. The molecular weight excluding hydrogens is 568 g/mol. The fraction of sp³-hybridized carbons (Fsp3) is 0.533. The zero-order valence-corrected chi connectivity index (χ0v) is 24.8. The molecule has 1 aromatic carbocycles. The molecule has 1 saturated heterocycles. The van der Waals surface area contributed by atoms with Gasteiger partial charge in [0.05, 0.1) is 43.2 Å². The molecule has 1 aliphatic heterocycles. The summed E-state index contributed by atoms with van der Waals surface area (Å²) in [6.45, 7) is 0.00316. The fourth-order valence-corrected chi connectivity index (χ4v) is 5.19. The van der Waals surface area contributed by atoms with Crippen LogP contribution in [0.1, 0.15) is 49.8 Å². The molecule has 240 valence electrons. The summed E-state index contributed by atoms with van der Waals surface area (Å²) in [5, 5.41) is 9.90. The largest absolute Gasteiger partial charge is 0.394 e. The third kappa shape index (κ3) is 9.94. The van der Waals surface area contributed by atoms with Crippen LogP contribution in [0.4, 0.5) is 0 Å². The Labute approximate surface area is 256 Å². The van der Waals surface area contributed by atoms with Crippen molar-refractivity contribution in [1.29, 1.82) is 0 Å². The number of carbonyl (C=O) groups excluding carboxylic acids is 5. The van der Waals surface area contributed by atoms with E-state index in [4.69, 9.17) is 17.2 Å². The van der Waals surface area contributed by atoms with Crippen LogP contribution in [0, 0.1) is 0 Å². The quantitative estimate of drug-likeness (QED) is 0.0390. The van der Waals surface area contributed by atoms with Gasteiger partial charge in [0.25, 0.3) is 0 Å². The molecule has 0 saturated carbocycles. The average molecular weight is 613 g/mol. The number of nitrogens with two attached hydrogens (primary N) is 3. The van der Waals surface area contributed by atoms with E-state index in [1.54, 1.807) is 30.5 Å². The summed E-state index contributed by atoms with van der Waals surface area (Å²) < 4.78 is 0. The minimum Gasteiger partial charge on any atom is -0.394 e. The highest BCUT2D eigenvalue weighted by atomic mass is 16.3. The van der Waals surface area contributed by atoms with Gasteiger partial charge in [-0.25, -0.2) is 15.8 Å². The summed E-state index contributed by atoms with van der Waals surface area (Å²) >= 11 is 0. The zero-order valence-electron chi connectivity index (χ0n) is 24.8. The Balaban J connectivity index is 1.62. The first-order chi connectivity index (χ1) is 21.2. The highest BCUT2D eigenvalue weighted by Crippen LogP contribution is 2.22. The van der Waals surface area contributed by atoms with Crippen LogP contribution < -0.4 is 28.1 Å². The summed E-state index contributed by atoms with van der Waals surface area (Å²) in [5.74, 6) is -3.01. The van der Waals surface area contributed by atoms with Crippen molar-refractivity contribution in [3.63, 3.8) is 0 Å². The molecule has 0 unspecified atom stereocenters. The molecule has 0 aliphatic carbocycles. The Hall–Kier alpha value is -3.66. The smallest absolute Gasteiger partial charge is 0.241 e. The van der Waals surface area contributed by atoms with Gasteiger partial charge >= 0.3 is 0 Å². The van der Waals surface area contributed by atoms with E-state index >= 15 is 0 Å². The van der Waals surface area contributed by atoms with E-state index in [9.17, 15) is 29.1 Å². The van der Waals surface area contributed by atoms with Gasteiger partial charge in [-0.2, -0.15) is 0 Å². The number of H-pyrrole nitrogens is 1. The molecule has 10 N–H and O–H groups in total. The number of aliphatic hydroxyl groups is 1. The summed E-state index contributed by atoms with van der Waals surface area (Å²) in [4.78, 5) is 73.5. The summed E-state index contributed by atoms with van der Waals surface area (Å²) in [7, 11) is 0. The van der Waals surface area contributed by atoms with Gasteiger partial charge in [-0.1, -0.05) is 36.8 Å². The second-order valence-corrected chi connectivity index (χ2v) is 11.1. The van der Waals surface area contributed by atoms with E-state index in [0.717, 1.165) is 5.56 Å². The van der Waals surface area contributed by atoms with E-state index in [1.165, 1.54) is 11.2 Å². The number of aliphatic hydroxyl groups excluding tert-OH is 1. The molecular formula is C30H44N8O6. The number of Topliss-reactive ketones (excluding diaryl/α,β-unsaturated/α-hetero) is 4. The van der Waals surface area contributed by atoms with E-state index in [0.29, 0.717) is 50.9 Å². The van der Waals surface area contributed by atoms with Crippen molar-refractivity contribution in [1.82, 2.24) is 25.7 Å². The van der Waals surface area contributed by atoms with Gasteiger partial charge < -0.3 is 32.2 Å². The molecule has 1 fully saturated rings. The minimum atomic E-state index is -1.35. The molecule has 1 aromatic heterocycles. The maximum atomic E-state index is 13.7. The highest BCUT2D eigenvalue weighted by molar-refractivity contribution is 6.41. The number of unbranched alkanes of at least 4 members (excludes halogenated alkanes) is 1. The van der Waals surface area contributed by atoms with Crippen molar-refractivity contribution >= 4 is 29.0 Å². The van der Waals surface area contributed by atoms with Gasteiger partial charge in [-0.05, 0) is 44.2 Å². The number of ketones is 4. The van der Waals surface area contributed by atoms with Crippen molar-refractivity contribution in [2.75, 3.05) is 19.7 Å². The van der Waals surface area contributed by atoms with Crippen LogP contribution in [0.3, 0.4) is 0 Å². The molecule has 1 aliphatic rings. The molecule has 1 amide bonds.